The van der Waals surface area contributed by atoms with Crippen LogP contribution in [-0.4, -0.2) is 54.5 Å². The highest BCUT2D eigenvalue weighted by Crippen LogP contribution is 2.32. The lowest BCUT2D eigenvalue weighted by Crippen LogP contribution is -2.44. The summed E-state index contributed by atoms with van der Waals surface area (Å²) in [7, 11) is 2.14. The first-order valence-corrected chi connectivity index (χ1v) is 9.14. The van der Waals surface area contributed by atoms with Gasteiger partial charge >= 0.3 is 0 Å². The van der Waals surface area contributed by atoms with Gasteiger partial charge in [-0.3, -0.25) is 4.79 Å². The third kappa shape index (κ3) is 2.99. The Morgan fingerprint density at radius 2 is 1.96 bits per heavy atom. The lowest BCUT2D eigenvalue weighted by atomic mass is 10.0. The van der Waals surface area contributed by atoms with Gasteiger partial charge in [0.05, 0.1) is 11.3 Å². The maximum absolute atomic E-state index is 11.2. The van der Waals surface area contributed by atoms with E-state index in [2.05, 4.69) is 22.2 Å². The number of aromatic nitrogens is 1. The van der Waals surface area contributed by atoms with Crippen LogP contribution in [0.3, 0.4) is 0 Å². The topological polar surface area (TPSA) is 56.7 Å². The molecule has 0 amide bonds. The number of rotatable bonds is 3. The summed E-state index contributed by atoms with van der Waals surface area (Å²) in [6.45, 7) is 4.12. The molecule has 3 aromatic rings. The predicted octanol–water partition coefficient (Wildman–Crippen LogP) is 3.23. The molecule has 4 rings (SSSR count). The first kappa shape index (κ1) is 16.1. The predicted molar refractivity (Wildman–Crippen MR) is 102 cm³/mol. The van der Waals surface area contributed by atoms with E-state index in [-0.39, 0.29) is 5.75 Å². The molecule has 0 spiro atoms. The average Bonchev–Trinajstić information content (AvgIpc) is 3.12. The van der Waals surface area contributed by atoms with Crippen molar-refractivity contribution < 1.29 is 9.90 Å². The fraction of sp³-hybridized carbons (Fsp3) is 0.263. The minimum absolute atomic E-state index is 0.0151. The smallest absolute Gasteiger partial charge is 0.185 e. The molecule has 1 saturated heterocycles. The molecule has 1 N–H and O–H groups in total. The molecule has 5 nitrogen and oxygen atoms in total. The van der Waals surface area contributed by atoms with Gasteiger partial charge < -0.3 is 14.9 Å². The number of carbonyl (C=O) groups excluding carboxylic acids is 1. The molecule has 1 aromatic heterocycles. The Morgan fingerprint density at radius 1 is 1.16 bits per heavy atom. The Kier molecular flexibility index (Phi) is 4.15. The zero-order chi connectivity index (χ0) is 17.4. The van der Waals surface area contributed by atoms with Crippen LogP contribution >= 0.6 is 11.3 Å². The van der Waals surface area contributed by atoms with Gasteiger partial charge in [-0.2, -0.15) is 0 Å². The van der Waals surface area contributed by atoms with E-state index in [1.165, 1.54) is 0 Å². The summed E-state index contributed by atoms with van der Waals surface area (Å²) in [6, 6.07) is 9.24. The van der Waals surface area contributed by atoms with Gasteiger partial charge in [0.2, 0.25) is 0 Å². The number of aldehydes is 1. The molecular weight excluding hydrogens is 334 g/mol. The fourth-order valence-electron chi connectivity index (χ4n) is 3.17. The largest absolute Gasteiger partial charge is 0.507 e. The number of benzene rings is 2. The Balaban J connectivity index is 1.66. The van der Waals surface area contributed by atoms with Gasteiger partial charge in [-0.15, -0.1) is 11.3 Å². The number of aromatic hydroxyl groups is 1. The van der Waals surface area contributed by atoms with Crippen LogP contribution in [-0.2, 0) is 0 Å². The normalized spacial score (nSPS) is 15.6. The maximum atomic E-state index is 11.2. The third-order valence-corrected chi connectivity index (χ3v) is 5.62. The van der Waals surface area contributed by atoms with Crippen molar-refractivity contribution >= 4 is 33.5 Å². The molecule has 1 fully saturated rings. The summed E-state index contributed by atoms with van der Waals surface area (Å²) in [5.41, 5.74) is 2.30. The van der Waals surface area contributed by atoms with Gasteiger partial charge in [0.15, 0.2) is 11.4 Å². The number of thiazole rings is 1. The van der Waals surface area contributed by atoms with Crippen LogP contribution in [0.1, 0.15) is 10.4 Å². The number of likely N-dealkylation sites (N-methyl/N-ethyl adjacent to an activating group) is 1. The zero-order valence-corrected chi connectivity index (χ0v) is 14.8. The number of phenolic OH excluding ortho intramolecular Hbond substituents is 1. The molecule has 1 aliphatic rings. The molecule has 0 saturated carbocycles. The number of hydrogen-bond donors (Lipinski definition) is 1. The lowest BCUT2D eigenvalue weighted by molar-refractivity contribution is 0.112. The summed E-state index contributed by atoms with van der Waals surface area (Å²) in [5.74, 6) is 0.0151. The molecule has 0 atom stereocenters. The highest BCUT2D eigenvalue weighted by molar-refractivity contribution is 7.14. The number of phenols is 1. The maximum Gasteiger partial charge on any atom is 0.185 e. The standard InChI is InChI=1S/C19H19N3O2S/c1-21-6-8-22(9-7-21)19-20-17(12-25-19)14-2-4-15-13(10-14)3-5-18(24)16(15)11-23/h2-5,10-12,24H,6-9H2,1H3. The second-order valence-electron chi connectivity index (χ2n) is 6.36. The number of fused-ring (bicyclic) bond motifs is 1. The van der Waals surface area contributed by atoms with E-state index in [1.807, 2.05) is 24.3 Å². The van der Waals surface area contributed by atoms with Gasteiger partial charge in [-0.05, 0) is 30.0 Å². The van der Waals surface area contributed by atoms with Crippen molar-refractivity contribution in [2.24, 2.45) is 0 Å². The van der Waals surface area contributed by atoms with E-state index in [0.717, 1.165) is 53.3 Å². The first-order chi connectivity index (χ1) is 12.2. The second kappa shape index (κ2) is 6.46. The summed E-state index contributed by atoms with van der Waals surface area (Å²) in [5, 5.41) is 14.6. The molecule has 6 heteroatoms. The quantitative estimate of drug-likeness (QED) is 0.733. The molecule has 0 radical (unpaired) electrons. The molecule has 2 heterocycles. The van der Waals surface area contributed by atoms with E-state index < -0.39 is 0 Å². The number of piperazine rings is 1. The Labute approximate surface area is 150 Å². The van der Waals surface area contributed by atoms with Crippen molar-refractivity contribution in [3.63, 3.8) is 0 Å². The molecular formula is C19H19N3O2S. The van der Waals surface area contributed by atoms with Crippen molar-refractivity contribution in [3.05, 3.63) is 41.3 Å². The van der Waals surface area contributed by atoms with Crippen molar-refractivity contribution in [2.45, 2.75) is 0 Å². The molecule has 0 bridgehead atoms. The van der Waals surface area contributed by atoms with Crippen molar-refractivity contribution in [2.75, 3.05) is 38.1 Å². The van der Waals surface area contributed by atoms with Crippen LogP contribution in [0.25, 0.3) is 22.0 Å². The van der Waals surface area contributed by atoms with Crippen molar-refractivity contribution in [1.82, 2.24) is 9.88 Å². The lowest BCUT2D eigenvalue weighted by Gasteiger charge is -2.32. The minimum Gasteiger partial charge on any atom is -0.507 e. The third-order valence-electron chi connectivity index (χ3n) is 4.72. The summed E-state index contributed by atoms with van der Waals surface area (Å²) in [4.78, 5) is 20.7. The number of nitrogens with zero attached hydrogens (tertiary/aromatic N) is 3. The Hall–Kier alpha value is -2.44. The average molecular weight is 353 g/mol. The fourth-order valence-corrected chi connectivity index (χ4v) is 4.05. The minimum atomic E-state index is 0.0151. The monoisotopic (exact) mass is 353 g/mol. The van der Waals surface area contributed by atoms with Gasteiger partial charge in [-0.1, -0.05) is 18.2 Å². The number of carbonyl (C=O) groups is 1. The molecule has 0 unspecified atom stereocenters. The molecule has 128 valence electrons. The highest BCUT2D eigenvalue weighted by atomic mass is 32.1. The SMILES string of the molecule is CN1CCN(c2nc(-c3ccc4c(C=O)c(O)ccc4c3)cs2)CC1. The Morgan fingerprint density at radius 3 is 2.72 bits per heavy atom. The molecule has 0 aliphatic carbocycles. The summed E-state index contributed by atoms with van der Waals surface area (Å²) < 4.78 is 0. The Bertz CT molecular complexity index is 930. The van der Waals surface area contributed by atoms with Crippen LogP contribution < -0.4 is 4.90 Å². The van der Waals surface area contributed by atoms with E-state index in [9.17, 15) is 9.90 Å². The van der Waals surface area contributed by atoms with E-state index >= 15 is 0 Å². The second-order valence-corrected chi connectivity index (χ2v) is 7.19. The van der Waals surface area contributed by atoms with E-state index in [0.29, 0.717) is 11.8 Å². The van der Waals surface area contributed by atoms with Crippen molar-refractivity contribution in [1.29, 1.82) is 0 Å². The van der Waals surface area contributed by atoms with Gasteiger partial charge in [0.1, 0.15) is 5.75 Å². The van der Waals surface area contributed by atoms with Crippen LogP contribution in [0.5, 0.6) is 5.75 Å². The van der Waals surface area contributed by atoms with Crippen LogP contribution in [0.4, 0.5) is 5.13 Å². The van der Waals surface area contributed by atoms with E-state index in [4.69, 9.17) is 4.98 Å². The number of anilines is 1. The molecule has 25 heavy (non-hydrogen) atoms. The highest BCUT2D eigenvalue weighted by Gasteiger charge is 2.17. The van der Waals surface area contributed by atoms with Crippen LogP contribution in [0, 0.1) is 0 Å². The first-order valence-electron chi connectivity index (χ1n) is 8.26. The molecule has 1 aliphatic heterocycles. The van der Waals surface area contributed by atoms with Gasteiger partial charge in [0.25, 0.3) is 0 Å². The van der Waals surface area contributed by atoms with Crippen LogP contribution in [0.2, 0.25) is 0 Å². The zero-order valence-electron chi connectivity index (χ0n) is 14.0. The molecule has 2 aromatic carbocycles. The van der Waals surface area contributed by atoms with Crippen LogP contribution in [0.15, 0.2) is 35.7 Å². The summed E-state index contributed by atoms with van der Waals surface area (Å²) in [6.07, 6.45) is 0.700. The summed E-state index contributed by atoms with van der Waals surface area (Å²) >= 11 is 1.67. The van der Waals surface area contributed by atoms with Crippen molar-refractivity contribution in [3.8, 4) is 17.0 Å². The van der Waals surface area contributed by atoms with Gasteiger partial charge in [-0.25, -0.2) is 4.98 Å². The number of hydrogen-bond acceptors (Lipinski definition) is 6. The van der Waals surface area contributed by atoms with E-state index in [1.54, 1.807) is 17.4 Å². The van der Waals surface area contributed by atoms with Gasteiger partial charge in [0, 0.05) is 37.1 Å².